The summed E-state index contributed by atoms with van der Waals surface area (Å²) in [5, 5.41) is 0. The lowest BCUT2D eigenvalue weighted by molar-refractivity contribution is 0.644. The topological polar surface area (TPSA) is 50.9 Å². The fourth-order valence-corrected chi connectivity index (χ4v) is 2.63. The normalized spacial score (nSPS) is 12.7. The van der Waals surface area contributed by atoms with Crippen LogP contribution in [-0.4, -0.2) is 4.98 Å². The molecular formula is C11H12ClN3S. The minimum atomic E-state index is -0.0504. The van der Waals surface area contributed by atoms with Crippen LogP contribution in [0.4, 0.5) is 0 Å². The van der Waals surface area contributed by atoms with Gasteiger partial charge in [0.05, 0.1) is 10.4 Å². The molecule has 3 N–H and O–H groups in total. The van der Waals surface area contributed by atoms with E-state index < -0.39 is 0 Å². The smallest absolute Gasteiger partial charge is 0.0931 e. The number of nitrogens with zero attached hydrogens (tertiary/aromatic N) is 1. The molecule has 3 nitrogen and oxygen atoms in total. The van der Waals surface area contributed by atoms with Gasteiger partial charge in [-0.1, -0.05) is 17.7 Å². The Bertz CT molecular complexity index is 466. The van der Waals surface area contributed by atoms with Gasteiger partial charge < -0.3 is 0 Å². The Hall–Kier alpha value is -0.940. The highest BCUT2D eigenvalue weighted by Crippen LogP contribution is 2.30. The van der Waals surface area contributed by atoms with Crippen LogP contribution in [0.1, 0.15) is 22.2 Å². The maximum absolute atomic E-state index is 5.91. The summed E-state index contributed by atoms with van der Waals surface area (Å²) in [4.78, 5) is 5.34. The average Bonchev–Trinajstić information content (AvgIpc) is 2.69. The first-order chi connectivity index (χ1) is 7.70. The van der Waals surface area contributed by atoms with Gasteiger partial charge in [0.15, 0.2) is 0 Å². The quantitative estimate of drug-likeness (QED) is 0.653. The second-order valence-corrected chi connectivity index (χ2v) is 5.22. The molecule has 1 atom stereocenters. The fraction of sp³-hybridized carbons (Fsp3) is 0.182. The lowest BCUT2D eigenvalue weighted by Gasteiger charge is -2.14. The van der Waals surface area contributed by atoms with Crippen LogP contribution in [-0.2, 0) is 0 Å². The number of aryl methyl sites for hydroxylation is 1. The second-order valence-electron chi connectivity index (χ2n) is 3.47. The van der Waals surface area contributed by atoms with E-state index in [0.29, 0.717) is 0 Å². The summed E-state index contributed by atoms with van der Waals surface area (Å²) in [6, 6.07) is 7.77. The van der Waals surface area contributed by atoms with Gasteiger partial charge in [-0.15, -0.1) is 11.3 Å². The van der Waals surface area contributed by atoms with E-state index in [4.69, 9.17) is 17.4 Å². The Morgan fingerprint density at radius 3 is 2.69 bits per heavy atom. The number of hydrogen-bond donors (Lipinski definition) is 2. The van der Waals surface area contributed by atoms with Crippen LogP contribution in [0.15, 0.2) is 30.5 Å². The monoisotopic (exact) mass is 253 g/mol. The molecule has 84 valence electrons. The third-order valence-electron chi connectivity index (χ3n) is 2.31. The summed E-state index contributed by atoms with van der Waals surface area (Å²) in [5.41, 5.74) is 4.80. The maximum Gasteiger partial charge on any atom is 0.0931 e. The molecule has 16 heavy (non-hydrogen) atoms. The number of pyridine rings is 1. The highest BCUT2D eigenvalue weighted by atomic mass is 35.5. The van der Waals surface area contributed by atoms with Crippen LogP contribution in [0.2, 0.25) is 4.34 Å². The summed E-state index contributed by atoms with van der Waals surface area (Å²) in [7, 11) is 0. The summed E-state index contributed by atoms with van der Waals surface area (Å²) >= 11 is 7.42. The highest BCUT2D eigenvalue weighted by molar-refractivity contribution is 7.16. The Labute approximate surface area is 103 Å². The van der Waals surface area contributed by atoms with Crippen LogP contribution in [0.3, 0.4) is 0 Å². The predicted octanol–water partition coefficient (Wildman–Crippen LogP) is 2.66. The molecule has 0 bridgehead atoms. The van der Waals surface area contributed by atoms with E-state index in [0.717, 1.165) is 20.5 Å². The number of thiophene rings is 1. The molecule has 2 heterocycles. The number of rotatable bonds is 3. The second kappa shape index (κ2) is 4.93. The molecule has 2 rings (SSSR count). The molecule has 2 aromatic rings. The summed E-state index contributed by atoms with van der Waals surface area (Å²) in [6.45, 7) is 1.96. The van der Waals surface area contributed by atoms with E-state index >= 15 is 0 Å². The number of hydrazine groups is 1. The van der Waals surface area contributed by atoms with E-state index in [1.807, 2.05) is 37.4 Å². The Morgan fingerprint density at radius 1 is 1.38 bits per heavy atom. The molecule has 0 fully saturated rings. The first kappa shape index (κ1) is 11.5. The van der Waals surface area contributed by atoms with Gasteiger partial charge in [-0.3, -0.25) is 10.8 Å². The van der Waals surface area contributed by atoms with E-state index in [-0.39, 0.29) is 6.04 Å². The van der Waals surface area contributed by atoms with Gasteiger partial charge in [-0.05, 0) is 30.7 Å². The molecule has 1 unspecified atom stereocenters. The molecule has 2 aromatic heterocycles. The third-order valence-corrected chi connectivity index (χ3v) is 3.61. The molecule has 0 amide bonds. The van der Waals surface area contributed by atoms with Crippen LogP contribution >= 0.6 is 22.9 Å². The van der Waals surface area contributed by atoms with E-state index in [9.17, 15) is 0 Å². The summed E-state index contributed by atoms with van der Waals surface area (Å²) < 4.78 is 0.760. The molecule has 0 aliphatic rings. The number of aromatic nitrogens is 1. The van der Waals surface area contributed by atoms with Gasteiger partial charge in [0, 0.05) is 16.8 Å². The zero-order valence-electron chi connectivity index (χ0n) is 8.77. The molecule has 0 saturated heterocycles. The van der Waals surface area contributed by atoms with Crippen LogP contribution in [0, 0.1) is 6.92 Å². The lowest BCUT2D eigenvalue weighted by atomic mass is 10.1. The van der Waals surface area contributed by atoms with Gasteiger partial charge in [-0.25, -0.2) is 5.43 Å². The minimum Gasteiger partial charge on any atom is -0.271 e. The minimum absolute atomic E-state index is 0.0504. The summed E-state index contributed by atoms with van der Waals surface area (Å²) in [6.07, 6.45) is 1.83. The van der Waals surface area contributed by atoms with Crippen molar-refractivity contribution in [2.24, 2.45) is 5.84 Å². The molecule has 5 heteroatoms. The Kier molecular flexibility index (Phi) is 3.56. The SMILES string of the molecule is Cc1ccc(C(NN)c2ccc(Cl)s2)cn1. The van der Waals surface area contributed by atoms with Crippen molar-refractivity contribution in [3.63, 3.8) is 0 Å². The first-order valence-corrected chi connectivity index (χ1v) is 6.04. The summed E-state index contributed by atoms with van der Waals surface area (Å²) in [5.74, 6) is 5.57. The van der Waals surface area contributed by atoms with Crippen molar-refractivity contribution in [3.8, 4) is 0 Å². The molecule has 0 saturated carbocycles. The van der Waals surface area contributed by atoms with Crippen molar-refractivity contribution in [3.05, 3.63) is 50.9 Å². The van der Waals surface area contributed by atoms with Crippen molar-refractivity contribution in [2.75, 3.05) is 0 Å². The zero-order chi connectivity index (χ0) is 11.5. The highest BCUT2D eigenvalue weighted by Gasteiger charge is 2.14. The van der Waals surface area contributed by atoms with Gasteiger partial charge in [-0.2, -0.15) is 0 Å². The number of nitrogens with one attached hydrogen (secondary N) is 1. The fourth-order valence-electron chi connectivity index (χ4n) is 1.48. The number of halogens is 1. The molecule has 0 aliphatic heterocycles. The maximum atomic E-state index is 5.91. The van der Waals surface area contributed by atoms with Crippen molar-refractivity contribution in [1.29, 1.82) is 0 Å². The van der Waals surface area contributed by atoms with Crippen LogP contribution in [0.5, 0.6) is 0 Å². The molecular weight excluding hydrogens is 242 g/mol. The van der Waals surface area contributed by atoms with Gasteiger partial charge >= 0.3 is 0 Å². The third kappa shape index (κ3) is 2.41. The Morgan fingerprint density at radius 2 is 2.19 bits per heavy atom. The van der Waals surface area contributed by atoms with Gasteiger partial charge in [0.1, 0.15) is 0 Å². The van der Waals surface area contributed by atoms with Gasteiger partial charge in [0.2, 0.25) is 0 Å². The first-order valence-electron chi connectivity index (χ1n) is 4.84. The number of nitrogens with two attached hydrogens (primary N) is 1. The average molecular weight is 254 g/mol. The predicted molar refractivity (Wildman–Crippen MR) is 67.5 cm³/mol. The van der Waals surface area contributed by atoms with E-state index in [1.165, 1.54) is 11.3 Å². The standard InChI is InChI=1S/C11H12ClN3S/c1-7-2-3-8(6-14-7)11(15-13)9-4-5-10(12)16-9/h2-6,11,15H,13H2,1H3. The molecule has 0 spiro atoms. The van der Waals surface area contributed by atoms with Gasteiger partial charge in [0.25, 0.3) is 0 Å². The van der Waals surface area contributed by atoms with E-state index in [1.54, 1.807) is 0 Å². The van der Waals surface area contributed by atoms with Crippen molar-refractivity contribution in [2.45, 2.75) is 13.0 Å². The van der Waals surface area contributed by atoms with Crippen molar-refractivity contribution < 1.29 is 0 Å². The van der Waals surface area contributed by atoms with Crippen LogP contribution < -0.4 is 11.3 Å². The molecule has 0 radical (unpaired) electrons. The van der Waals surface area contributed by atoms with E-state index in [2.05, 4.69) is 10.4 Å². The molecule has 0 aliphatic carbocycles. The largest absolute Gasteiger partial charge is 0.271 e. The van der Waals surface area contributed by atoms with Crippen molar-refractivity contribution >= 4 is 22.9 Å². The van der Waals surface area contributed by atoms with Crippen molar-refractivity contribution in [1.82, 2.24) is 10.4 Å². The zero-order valence-corrected chi connectivity index (χ0v) is 10.3. The van der Waals surface area contributed by atoms with Crippen LogP contribution in [0.25, 0.3) is 0 Å². The lowest BCUT2D eigenvalue weighted by Crippen LogP contribution is -2.28. The molecule has 0 aromatic carbocycles. The number of hydrogen-bond acceptors (Lipinski definition) is 4. The Balaban J connectivity index is 2.32.